The van der Waals surface area contributed by atoms with Crippen molar-refractivity contribution in [3.05, 3.63) is 0 Å². The standard InChI is InChI=1S/C21H42O2/c1-4-5-6-7-12-15-18-21(22)23-19-16-13-10-8-9-11-14-17-20(2)3/h20H,4-19H2,1-3H3. The quantitative estimate of drug-likeness (QED) is 0.211. The number of hydrogen-bond acceptors (Lipinski definition) is 2. The molecule has 0 N–H and O–H groups in total. The molecule has 0 atom stereocenters. The highest BCUT2D eigenvalue weighted by atomic mass is 16.5. The second-order valence-electron chi connectivity index (χ2n) is 7.40. The molecule has 0 aromatic rings. The van der Waals surface area contributed by atoms with Crippen LogP contribution in [0.2, 0.25) is 0 Å². The summed E-state index contributed by atoms with van der Waals surface area (Å²) in [5.74, 6) is 0.857. The van der Waals surface area contributed by atoms with Crippen molar-refractivity contribution >= 4 is 5.97 Å². The van der Waals surface area contributed by atoms with Gasteiger partial charge in [0.25, 0.3) is 0 Å². The number of hydrogen-bond donors (Lipinski definition) is 0. The lowest BCUT2D eigenvalue weighted by atomic mass is 10.0. The van der Waals surface area contributed by atoms with Crippen LogP contribution >= 0.6 is 0 Å². The number of carbonyl (C=O) groups excluding carboxylic acids is 1. The molecule has 0 aromatic carbocycles. The first-order chi connectivity index (χ1) is 11.2. The molecular formula is C21H42O2. The van der Waals surface area contributed by atoms with E-state index in [2.05, 4.69) is 20.8 Å². The van der Waals surface area contributed by atoms with Gasteiger partial charge < -0.3 is 4.74 Å². The Labute approximate surface area is 145 Å². The van der Waals surface area contributed by atoms with Gasteiger partial charge in [-0.05, 0) is 18.8 Å². The van der Waals surface area contributed by atoms with Gasteiger partial charge in [0, 0.05) is 6.42 Å². The lowest BCUT2D eigenvalue weighted by Crippen LogP contribution is -2.05. The Hall–Kier alpha value is -0.530. The van der Waals surface area contributed by atoms with Gasteiger partial charge in [-0.15, -0.1) is 0 Å². The minimum absolute atomic E-state index is 0.00850. The van der Waals surface area contributed by atoms with Crippen LogP contribution in [0.15, 0.2) is 0 Å². The zero-order chi connectivity index (χ0) is 17.2. The van der Waals surface area contributed by atoms with Gasteiger partial charge in [0.15, 0.2) is 0 Å². The molecule has 138 valence electrons. The average Bonchev–Trinajstić information content (AvgIpc) is 2.52. The van der Waals surface area contributed by atoms with E-state index in [0.717, 1.165) is 18.8 Å². The number of esters is 1. The fraction of sp³-hybridized carbons (Fsp3) is 0.952. The molecule has 0 rings (SSSR count). The van der Waals surface area contributed by atoms with E-state index in [1.807, 2.05) is 0 Å². The molecule has 0 saturated heterocycles. The van der Waals surface area contributed by atoms with Crippen molar-refractivity contribution in [1.29, 1.82) is 0 Å². The summed E-state index contributed by atoms with van der Waals surface area (Å²) in [6.07, 6.45) is 18.3. The molecule has 2 heteroatoms. The van der Waals surface area contributed by atoms with Gasteiger partial charge in [-0.3, -0.25) is 4.79 Å². The molecule has 0 amide bonds. The van der Waals surface area contributed by atoms with Crippen LogP contribution in [0.5, 0.6) is 0 Å². The van der Waals surface area contributed by atoms with E-state index in [1.54, 1.807) is 0 Å². The summed E-state index contributed by atoms with van der Waals surface area (Å²) in [6.45, 7) is 7.45. The molecule has 0 heterocycles. The summed E-state index contributed by atoms with van der Waals surface area (Å²) in [5.41, 5.74) is 0. The van der Waals surface area contributed by atoms with Crippen LogP contribution < -0.4 is 0 Å². The summed E-state index contributed by atoms with van der Waals surface area (Å²) >= 11 is 0. The van der Waals surface area contributed by atoms with Gasteiger partial charge in [0.2, 0.25) is 0 Å². The zero-order valence-electron chi connectivity index (χ0n) is 16.2. The molecule has 2 nitrogen and oxygen atoms in total. The maximum Gasteiger partial charge on any atom is 0.305 e. The van der Waals surface area contributed by atoms with Crippen LogP contribution in [0.25, 0.3) is 0 Å². The second kappa shape index (κ2) is 17.8. The van der Waals surface area contributed by atoms with E-state index < -0.39 is 0 Å². The Morgan fingerprint density at radius 3 is 1.87 bits per heavy atom. The van der Waals surface area contributed by atoms with Crippen LogP contribution in [-0.2, 0) is 9.53 Å². The molecule has 0 saturated carbocycles. The Balaban J connectivity index is 3.14. The smallest absolute Gasteiger partial charge is 0.305 e. The molecular weight excluding hydrogens is 284 g/mol. The monoisotopic (exact) mass is 326 g/mol. The second-order valence-corrected chi connectivity index (χ2v) is 7.40. The third-order valence-electron chi connectivity index (χ3n) is 4.42. The van der Waals surface area contributed by atoms with E-state index in [-0.39, 0.29) is 5.97 Å². The Bertz CT molecular complexity index is 248. The molecule has 0 aliphatic rings. The van der Waals surface area contributed by atoms with Crippen molar-refractivity contribution < 1.29 is 9.53 Å². The largest absolute Gasteiger partial charge is 0.466 e. The molecule has 0 aliphatic heterocycles. The van der Waals surface area contributed by atoms with Crippen LogP contribution in [0.4, 0.5) is 0 Å². The Kier molecular flexibility index (Phi) is 17.4. The number of unbranched alkanes of at least 4 members (excludes halogenated alkanes) is 11. The predicted octanol–water partition coefficient (Wildman–Crippen LogP) is 7.06. The molecule has 0 fully saturated rings. The molecule has 23 heavy (non-hydrogen) atoms. The third-order valence-corrected chi connectivity index (χ3v) is 4.42. The fourth-order valence-electron chi connectivity index (χ4n) is 2.85. The summed E-state index contributed by atoms with van der Waals surface area (Å²) < 4.78 is 5.30. The van der Waals surface area contributed by atoms with Crippen molar-refractivity contribution in [1.82, 2.24) is 0 Å². The normalized spacial score (nSPS) is 11.1. The molecule has 0 aliphatic carbocycles. The van der Waals surface area contributed by atoms with E-state index in [1.165, 1.54) is 77.0 Å². The number of rotatable bonds is 17. The van der Waals surface area contributed by atoms with Crippen LogP contribution in [0.1, 0.15) is 117 Å². The van der Waals surface area contributed by atoms with Gasteiger partial charge in [-0.2, -0.15) is 0 Å². The number of ether oxygens (including phenoxy) is 1. The topological polar surface area (TPSA) is 26.3 Å². The van der Waals surface area contributed by atoms with Gasteiger partial charge in [-0.1, -0.05) is 97.8 Å². The van der Waals surface area contributed by atoms with E-state index >= 15 is 0 Å². The van der Waals surface area contributed by atoms with Crippen molar-refractivity contribution in [3.8, 4) is 0 Å². The lowest BCUT2D eigenvalue weighted by molar-refractivity contribution is -0.143. The van der Waals surface area contributed by atoms with Crippen molar-refractivity contribution in [2.45, 2.75) is 117 Å². The zero-order valence-corrected chi connectivity index (χ0v) is 16.2. The first-order valence-corrected chi connectivity index (χ1v) is 10.3. The maximum absolute atomic E-state index is 11.6. The summed E-state index contributed by atoms with van der Waals surface area (Å²) in [4.78, 5) is 11.6. The van der Waals surface area contributed by atoms with E-state index in [0.29, 0.717) is 13.0 Å². The van der Waals surface area contributed by atoms with Crippen LogP contribution in [-0.4, -0.2) is 12.6 Å². The predicted molar refractivity (Wildman–Crippen MR) is 101 cm³/mol. The van der Waals surface area contributed by atoms with Crippen molar-refractivity contribution in [2.75, 3.05) is 6.61 Å². The van der Waals surface area contributed by atoms with Crippen molar-refractivity contribution in [2.24, 2.45) is 5.92 Å². The van der Waals surface area contributed by atoms with E-state index in [9.17, 15) is 4.79 Å². The van der Waals surface area contributed by atoms with Crippen LogP contribution in [0, 0.1) is 5.92 Å². The Morgan fingerprint density at radius 1 is 0.739 bits per heavy atom. The molecule has 0 radical (unpaired) electrons. The fourth-order valence-corrected chi connectivity index (χ4v) is 2.85. The number of carbonyl (C=O) groups is 1. The first-order valence-electron chi connectivity index (χ1n) is 10.3. The van der Waals surface area contributed by atoms with Gasteiger partial charge in [0.05, 0.1) is 6.61 Å². The van der Waals surface area contributed by atoms with Gasteiger partial charge >= 0.3 is 5.97 Å². The molecule has 0 aromatic heterocycles. The lowest BCUT2D eigenvalue weighted by Gasteiger charge is -2.06. The van der Waals surface area contributed by atoms with Crippen LogP contribution in [0.3, 0.4) is 0 Å². The average molecular weight is 327 g/mol. The highest BCUT2D eigenvalue weighted by Gasteiger charge is 2.02. The SMILES string of the molecule is CCCCCCCCC(=O)OCCCCCCCCCC(C)C. The third kappa shape index (κ3) is 19.4. The van der Waals surface area contributed by atoms with Crippen molar-refractivity contribution in [3.63, 3.8) is 0 Å². The summed E-state index contributed by atoms with van der Waals surface area (Å²) in [5, 5.41) is 0. The highest BCUT2D eigenvalue weighted by molar-refractivity contribution is 5.69. The molecule has 0 spiro atoms. The maximum atomic E-state index is 11.6. The van der Waals surface area contributed by atoms with E-state index in [4.69, 9.17) is 4.74 Å². The Morgan fingerprint density at radius 2 is 1.26 bits per heavy atom. The summed E-state index contributed by atoms with van der Waals surface area (Å²) in [6, 6.07) is 0. The highest BCUT2D eigenvalue weighted by Crippen LogP contribution is 2.12. The first kappa shape index (κ1) is 22.5. The summed E-state index contributed by atoms with van der Waals surface area (Å²) in [7, 11) is 0. The minimum atomic E-state index is 0.00850. The minimum Gasteiger partial charge on any atom is -0.466 e. The molecule has 0 unspecified atom stereocenters. The molecule has 0 bridgehead atoms. The van der Waals surface area contributed by atoms with Gasteiger partial charge in [0.1, 0.15) is 0 Å². The van der Waals surface area contributed by atoms with Gasteiger partial charge in [-0.25, -0.2) is 0 Å².